The molecule has 33 heavy (non-hydrogen) atoms. The average Bonchev–Trinajstić information content (AvgIpc) is 3.31. The number of piperazine rings is 1. The summed E-state index contributed by atoms with van der Waals surface area (Å²) in [5.74, 6) is 1.04. The fraction of sp³-hybridized carbons (Fsp3) is 0.423. The molecule has 0 spiro atoms. The Morgan fingerprint density at radius 3 is 2.67 bits per heavy atom. The van der Waals surface area contributed by atoms with Gasteiger partial charge >= 0.3 is 0 Å². The number of thiophene rings is 1. The number of unbranched alkanes of at least 4 members (excludes halogenated alkanes) is 1. The highest BCUT2D eigenvalue weighted by Gasteiger charge is 2.21. The van der Waals surface area contributed by atoms with Crippen LogP contribution in [-0.4, -0.2) is 57.2 Å². The highest BCUT2D eigenvalue weighted by atomic mass is 35.5. The van der Waals surface area contributed by atoms with Crippen molar-refractivity contribution in [1.82, 2.24) is 4.90 Å². The predicted molar refractivity (Wildman–Crippen MR) is 141 cm³/mol. The summed E-state index contributed by atoms with van der Waals surface area (Å²) in [7, 11) is 1.85. The molecule has 2 aliphatic heterocycles. The fourth-order valence-corrected chi connectivity index (χ4v) is 5.60. The van der Waals surface area contributed by atoms with Crippen LogP contribution in [0.4, 0.5) is 11.4 Å². The van der Waals surface area contributed by atoms with Gasteiger partial charge in [0.05, 0.1) is 12.3 Å². The molecule has 3 heterocycles. The zero-order valence-corrected chi connectivity index (χ0v) is 20.8. The summed E-state index contributed by atoms with van der Waals surface area (Å²) < 4.78 is 7.37. The van der Waals surface area contributed by atoms with Crippen LogP contribution in [0.1, 0.15) is 24.8 Å². The van der Waals surface area contributed by atoms with Gasteiger partial charge in [0.1, 0.15) is 5.75 Å². The smallest absolute Gasteiger partial charge is 0.227 e. The fourth-order valence-electron chi connectivity index (χ4n) is 4.79. The molecule has 0 radical (unpaired) electrons. The molecule has 1 fully saturated rings. The second-order valence-corrected chi connectivity index (χ2v) is 9.68. The first-order chi connectivity index (χ1) is 15.7. The second kappa shape index (κ2) is 10.8. The zero-order chi connectivity index (χ0) is 21.9. The maximum absolute atomic E-state index is 11.9. The molecule has 0 aliphatic carbocycles. The highest BCUT2D eigenvalue weighted by molar-refractivity contribution is 7.17. The van der Waals surface area contributed by atoms with Gasteiger partial charge in [-0.3, -0.25) is 9.69 Å². The number of aryl methyl sites for hydroxylation is 1. The van der Waals surface area contributed by atoms with Gasteiger partial charge < -0.3 is 14.5 Å². The van der Waals surface area contributed by atoms with Gasteiger partial charge in [-0.15, -0.1) is 23.7 Å². The first-order valence-corrected chi connectivity index (χ1v) is 12.5. The molecule has 5 nitrogen and oxygen atoms in total. The van der Waals surface area contributed by atoms with Crippen LogP contribution >= 0.6 is 23.7 Å². The third-order valence-electron chi connectivity index (χ3n) is 6.72. The molecule has 2 aliphatic rings. The Bertz CT molecular complexity index is 1090. The summed E-state index contributed by atoms with van der Waals surface area (Å²) in [4.78, 5) is 18.8. The van der Waals surface area contributed by atoms with E-state index in [1.165, 1.54) is 21.3 Å². The molecule has 0 bridgehead atoms. The van der Waals surface area contributed by atoms with Gasteiger partial charge in [-0.1, -0.05) is 12.1 Å². The summed E-state index contributed by atoms with van der Waals surface area (Å²) >= 11 is 1.82. The Morgan fingerprint density at radius 1 is 0.970 bits per heavy atom. The topological polar surface area (TPSA) is 36.0 Å². The Kier molecular flexibility index (Phi) is 7.78. The number of carbonyl (C=O) groups is 1. The van der Waals surface area contributed by atoms with Crippen LogP contribution in [0.15, 0.2) is 47.8 Å². The van der Waals surface area contributed by atoms with E-state index in [1.54, 1.807) is 4.90 Å². The third-order valence-corrected chi connectivity index (χ3v) is 7.61. The monoisotopic (exact) mass is 485 g/mol. The van der Waals surface area contributed by atoms with E-state index in [-0.39, 0.29) is 18.3 Å². The standard InChI is InChI=1S/C26H31N3O2S.ClH/c1-27-24-19-21(9-7-20(24)8-10-26(27)30)31-17-3-2-12-28-13-15-29(16-14-28)23-5-4-6-25-22(23)11-18-32-25;/h4-7,9,11,18-19H,2-3,8,10,12-17H2,1H3;1H. The number of hydrogen-bond acceptors (Lipinski definition) is 5. The van der Waals surface area contributed by atoms with Gasteiger partial charge in [-0.25, -0.2) is 0 Å². The zero-order valence-electron chi connectivity index (χ0n) is 19.2. The lowest BCUT2D eigenvalue weighted by Crippen LogP contribution is -2.46. The number of carbonyl (C=O) groups excluding carboxylic acids is 1. The van der Waals surface area contributed by atoms with Crippen molar-refractivity contribution in [1.29, 1.82) is 0 Å². The maximum Gasteiger partial charge on any atom is 0.227 e. The van der Waals surface area contributed by atoms with Gasteiger partial charge in [-0.2, -0.15) is 0 Å². The minimum absolute atomic E-state index is 0. The number of fused-ring (bicyclic) bond motifs is 2. The molecular weight excluding hydrogens is 454 g/mol. The lowest BCUT2D eigenvalue weighted by molar-refractivity contribution is -0.118. The van der Waals surface area contributed by atoms with Crippen molar-refractivity contribution >= 4 is 51.1 Å². The molecule has 0 atom stereocenters. The van der Waals surface area contributed by atoms with Crippen molar-refractivity contribution < 1.29 is 9.53 Å². The van der Waals surface area contributed by atoms with Crippen molar-refractivity contribution in [3.8, 4) is 5.75 Å². The normalized spacial score (nSPS) is 16.6. The Labute approximate surface area is 206 Å². The third kappa shape index (κ3) is 5.29. The van der Waals surface area contributed by atoms with Gasteiger partial charge in [0.15, 0.2) is 0 Å². The Hall–Kier alpha value is -2.28. The molecular formula is C26H32ClN3O2S. The lowest BCUT2D eigenvalue weighted by atomic mass is 10.0. The van der Waals surface area contributed by atoms with Gasteiger partial charge in [0.25, 0.3) is 0 Å². The van der Waals surface area contributed by atoms with Crippen LogP contribution in [-0.2, 0) is 11.2 Å². The van der Waals surface area contributed by atoms with Crippen LogP contribution in [0.3, 0.4) is 0 Å². The van der Waals surface area contributed by atoms with E-state index in [4.69, 9.17) is 4.74 Å². The minimum Gasteiger partial charge on any atom is -0.494 e. The Balaban J connectivity index is 0.00000259. The average molecular weight is 486 g/mol. The van der Waals surface area contributed by atoms with Crippen molar-refractivity contribution in [2.75, 3.05) is 56.2 Å². The van der Waals surface area contributed by atoms with Gasteiger partial charge in [0.2, 0.25) is 5.91 Å². The van der Waals surface area contributed by atoms with Crippen molar-refractivity contribution in [2.24, 2.45) is 0 Å². The highest BCUT2D eigenvalue weighted by Crippen LogP contribution is 2.32. The largest absolute Gasteiger partial charge is 0.494 e. The molecule has 1 saturated heterocycles. The summed E-state index contributed by atoms with van der Waals surface area (Å²) in [6, 6.07) is 15.1. The van der Waals surface area contributed by atoms with E-state index in [9.17, 15) is 4.79 Å². The van der Waals surface area contributed by atoms with E-state index in [1.807, 2.05) is 30.5 Å². The van der Waals surface area contributed by atoms with E-state index >= 15 is 0 Å². The van der Waals surface area contributed by atoms with Crippen LogP contribution in [0.25, 0.3) is 10.1 Å². The van der Waals surface area contributed by atoms with Crippen LogP contribution in [0, 0.1) is 0 Å². The molecule has 0 N–H and O–H groups in total. The van der Waals surface area contributed by atoms with Crippen molar-refractivity contribution in [2.45, 2.75) is 25.7 Å². The molecule has 0 unspecified atom stereocenters. The lowest BCUT2D eigenvalue weighted by Gasteiger charge is -2.36. The van der Waals surface area contributed by atoms with Crippen LogP contribution in [0.2, 0.25) is 0 Å². The summed E-state index contributed by atoms with van der Waals surface area (Å²) in [5, 5.41) is 3.58. The molecule has 3 aromatic rings. The minimum atomic E-state index is 0. The number of hydrogen-bond donors (Lipinski definition) is 0. The number of ether oxygens (including phenoxy) is 1. The summed E-state index contributed by atoms with van der Waals surface area (Å²) in [6.07, 6.45) is 3.61. The van der Waals surface area contributed by atoms with E-state index < -0.39 is 0 Å². The molecule has 176 valence electrons. The maximum atomic E-state index is 11.9. The molecule has 7 heteroatoms. The second-order valence-electron chi connectivity index (χ2n) is 8.74. The van der Waals surface area contributed by atoms with Gasteiger partial charge in [0, 0.05) is 61.5 Å². The molecule has 1 aromatic heterocycles. The number of benzene rings is 2. The van der Waals surface area contributed by atoms with Gasteiger partial charge in [-0.05, 0) is 61.0 Å². The van der Waals surface area contributed by atoms with Crippen molar-refractivity contribution in [3.63, 3.8) is 0 Å². The first kappa shape index (κ1) is 23.9. The van der Waals surface area contributed by atoms with E-state index in [2.05, 4.69) is 45.5 Å². The number of rotatable bonds is 7. The Morgan fingerprint density at radius 2 is 1.82 bits per heavy atom. The molecule has 1 amide bonds. The predicted octanol–water partition coefficient (Wildman–Crippen LogP) is 5.21. The van der Waals surface area contributed by atoms with Crippen LogP contribution < -0.4 is 14.5 Å². The summed E-state index contributed by atoms with van der Waals surface area (Å²) in [6.45, 7) is 6.26. The number of halogens is 1. The van der Waals surface area contributed by atoms with Crippen LogP contribution in [0.5, 0.6) is 5.75 Å². The number of nitrogens with zero attached hydrogens (tertiary/aromatic N) is 3. The first-order valence-electron chi connectivity index (χ1n) is 11.6. The summed E-state index contributed by atoms with van der Waals surface area (Å²) in [5.41, 5.74) is 3.61. The van der Waals surface area contributed by atoms with E-state index in [0.29, 0.717) is 6.42 Å². The molecule has 0 saturated carbocycles. The van der Waals surface area contributed by atoms with E-state index in [0.717, 1.165) is 70.0 Å². The number of amides is 1. The van der Waals surface area contributed by atoms with Crippen molar-refractivity contribution in [3.05, 3.63) is 53.4 Å². The molecule has 2 aromatic carbocycles. The number of anilines is 2. The SMILES string of the molecule is CN1C(=O)CCc2ccc(OCCCCN3CCN(c4cccc5sccc45)CC3)cc21.Cl. The molecule has 5 rings (SSSR count). The quantitative estimate of drug-likeness (QED) is 0.430.